The van der Waals surface area contributed by atoms with Crippen molar-refractivity contribution in [1.29, 1.82) is 0 Å². The zero-order valence-electron chi connectivity index (χ0n) is 20.2. The van der Waals surface area contributed by atoms with E-state index in [9.17, 15) is 18.0 Å². The lowest BCUT2D eigenvalue weighted by molar-refractivity contribution is -0.143. The van der Waals surface area contributed by atoms with Crippen LogP contribution in [0.25, 0.3) is 0 Å². The predicted molar refractivity (Wildman–Crippen MR) is 134 cm³/mol. The standard InChI is InChI=1S/C27H29NO7S/c1-3-33-26(29)18-23(28-27(30)34-19-22-7-5-4-6-8-22)17-21-11-13-24(14-12-21)35-36(31,32)25-15-9-20(2)10-16-25/h4-16,23H,3,17-19H2,1-2H3,(H,28,30). The van der Waals surface area contributed by atoms with Crippen LogP contribution in [0.1, 0.15) is 30.0 Å². The minimum atomic E-state index is -3.97. The highest BCUT2D eigenvalue weighted by atomic mass is 32.2. The molecule has 36 heavy (non-hydrogen) atoms. The van der Waals surface area contributed by atoms with E-state index < -0.39 is 28.2 Å². The molecule has 0 heterocycles. The molecule has 0 saturated carbocycles. The number of nitrogens with one attached hydrogen (secondary N) is 1. The molecule has 3 rings (SSSR count). The fraction of sp³-hybridized carbons (Fsp3) is 0.259. The van der Waals surface area contributed by atoms with E-state index in [0.717, 1.165) is 16.7 Å². The van der Waals surface area contributed by atoms with Gasteiger partial charge in [0.15, 0.2) is 0 Å². The molecule has 0 saturated heterocycles. The van der Waals surface area contributed by atoms with Crippen LogP contribution >= 0.6 is 0 Å². The number of carbonyl (C=O) groups is 2. The molecule has 0 aromatic heterocycles. The molecule has 0 aliphatic carbocycles. The lowest BCUT2D eigenvalue weighted by Gasteiger charge is -2.18. The van der Waals surface area contributed by atoms with Gasteiger partial charge in [-0.2, -0.15) is 8.42 Å². The number of hydrogen-bond donors (Lipinski definition) is 1. The van der Waals surface area contributed by atoms with E-state index in [1.54, 1.807) is 31.2 Å². The number of rotatable bonds is 11. The van der Waals surface area contributed by atoms with Gasteiger partial charge in [-0.1, -0.05) is 60.2 Å². The van der Waals surface area contributed by atoms with Crippen LogP contribution in [0, 0.1) is 6.92 Å². The van der Waals surface area contributed by atoms with Crippen LogP contribution < -0.4 is 9.50 Å². The highest BCUT2D eigenvalue weighted by molar-refractivity contribution is 7.87. The number of hydrogen-bond acceptors (Lipinski definition) is 7. The molecular weight excluding hydrogens is 482 g/mol. The van der Waals surface area contributed by atoms with Gasteiger partial charge in [0.1, 0.15) is 17.3 Å². The molecule has 1 atom stereocenters. The highest BCUT2D eigenvalue weighted by Gasteiger charge is 2.20. The second-order valence-electron chi connectivity index (χ2n) is 8.11. The van der Waals surface area contributed by atoms with Crippen LogP contribution in [0.15, 0.2) is 83.8 Å². The summed E-state index contributed by atoms with van der Waals surface area (Å²) in [6, 6.07) is 21.4. The van der Waals surface area contributed by atoms with Crippen molar-refractivity contribution in [3.63, 3.8) is 0 Å². The Hall–Kier alpha value is -3.85. The average Bonchev–Trinajstić information content (AvgIpc) is 2.85. The maximum absolute atomic E-state index is 12.5. The van der Waals surface area contributed by atoms with Crippen molar-refractivity contribution < 1.29 is 31.7 Å². The van der Waals surface area contributed by atoms with Crippen molar-refractivity contribution in [3.8, 4) is 5.75 Å². The van der Waals surface area contributed by atoms with Gasteiger partial charge in [0.2, 0.25) is 0 Å². The third kappa shape index (κ3) is 8.42. The third-order valence-electron chi connectivity index (χ3n) is 5.17. The molecule has 0 aliphatic heterocycles. The van der Waals surface area contributed by atoms with Crippen LogP contribution in [-0.2, 0) is 37.4 Å². The van der Waals surface area contributed by atoms with Gasteiger partial charge >= 0.3 is 22.2 Å². The Bertz CT molecular complexity index is 1240. The largest absolute Gasteiger partial charge is 0.466 e. The van der Waals surface area contributed by atoms with Crippen LogP contribution in [-0.4, -0.2) is 33.1 Å². The molecular formula is C27H29NO7S. The zero-order valence-corrected chi connectivity index (χ0v) is 21.0. The molecule has 3 aromatic rings. The predicted octanol–water partition coefficient (Wildman–Crippen LogP) is 4.55. The molecule has 1 N–H and O–H groups in total. The van der Waals surface area contributed by atoms with E-state index in [4.69, 9.17) is 13.7 Å². The van der Waals surface area contributed by atoms with E-state index in [-0.39, 0.29) is 30.3 Å². The Balaban J connectivity index is 1.63. The summed E-state index contributed by atoms with van der Waals surface area (Å²) in [4.78, 5) is 24.5. The summed E-state index contributed by atoms with van der Waals surface area (Å²) in [5.74, 6) is -0.300. The molecule has 9 heteroatoms. The number of aryl methyl sites for hydroxylation is 1. The maximum Gasteiger partial charge on any atom is 0.407 e. The molecule has 0 radical (unpaired) electrons. The molecule has 0 aliphatic rings. The second kappa shape index (κ2) is 12.7. The van der Waals surface area contributed by atoms with E-state index in [2.05, 4.69) is 5.32 Å². The Morgan fingerprint density at radius 1 is 0.861 bits per heavy atom. The van der Waals surface area contributed by atoms with Crippen molar-refractivity contribution >= 4 is 22.2 Å². The summed E-state index contributed by atoms with van der Waals surface area (Å²) in [6.07, 6.45) is -0.407. The number of amides is 1. The first-order valence-electron chi connectivity index (χ1n) is 11.5. The van der Waals surface area contributed by atoms with Gasteiger partial charge in [-0.3, -0.25) is 4.79 Å². The summed E-state index contributed by atoms with van der Waals surface area (Å²) >= 11 is 0. The zero-order chi connectivity index (χ0) is 26.0. The molecule has 3 aromatic carbocycles. The van der Waals surface area contributed by atoms with Gasteiger partial charge < -0.3 is 19.0 Å². The molecule has 0 fully saturated rings. The first-order valence-corrected chi connectivity index (χ1v) is 12.9. The summed E-state index contributed by atoms with van der Waals surface area (Å²) in [5, 5.41) is 2.71. The maximum atomic E-state index is 12.5. The van der Waals surface area contributed by atoms with Crippen molar-refractivity contribution in [3.05, 3.63) is 95.6 Å². The second-order valence-corrected chi connectivity index (χ2v) is 9.66. The Labute approximate surface area is 211 Å². The first kappa shape index (κ1) is 26.7. The van der Waals surface area contributed by atoms with E-state index in [1.165, 1.54) is 24.3 Å². The topological polar surface area (TPSA) is 108 Å². The molecule has 0 bridgehead atoms. The van der Waals surface area contributed by atoms with Gasteiger partial charge in [-0.15, -0.1) is 0 Å². The van der Waals surface area contributed by atoms with Crippen LogP contribution in [0.5, 0.6) is 5.75 Å². The quantitative estimate of drug-likeness (QED) is 0.297. The molecule has 1 amide bonds. The van der Waals surface area contributed by atoms with Gasteiger partial charge in [0.05, 0.1) is 13.0 Å². The summed E-state index contributed by atoms with van der Waals surface area (Å²) in [6.45, 7) is 3.90. The van der Waals surface area contributed by atoms with Gasteiger partial charge in [0, 0.05) is 6.04 Å². The van der Waals surface area contributed by atoms with E-state index in [0.29, 0.717) is 6.42 Å². The van der Waals surface area contributed by atoms with Crippen molar-refractivity contribution in [2.24, 2.45) is 0 Å². The minimum Gasteiger partial charge on any atom is -0.466 e. The molecule has 0 spiro atoms. The first-order chi connectivity index (χ1) is 17.2. The van der Waals surface area contributed by atoms with Crippen molar-refractivity contribution in [2.75, 3.05) is 6.61 Å². The fourth-order valence-corrected chi connectivity index (χ4v) is 4.30. The van der Waals surface area contributed by atoms with Crippen molar-refractivity contribution in [2.45, 2.75) is 44.2 Å². The average molecular weight is 512 g/mol. The number of alkyl carbamates (subject to hydrolysis) is 1. The number of carbonyl (C=O) groups excluding carboxylic acids is 2. The van der Waals surface area contributed by atoms with E-state index in [1.807, 2.05) is 37.3 Å². The molecule has 1 unspecified atom stereocenters. The SMILES string of the molecule is CCOC(=O)CC(Cc1ccc(OS(=O)(=O)c2ccc(C)cc2)cc1)NC(=O)OCc1ccccc1. The molecule has 8 nitrogen and oxygen atoms in total. The summed E-state index contributed by atoms with van der Waals surface area (Å²) < 4.78 is 40.5. The number of esters is 1. The monoisotopic (exact) mass is 511 g/mol. The fourth-order valence-electron chi connectivity index (χ4n) is 3.37. The lowest BCUT2D eigenvalue weighted by atomic mass is 10.0. The van der Waals surface area contributed by atoms with Gasteiger partial charge in [0.25, 0.3) is 0 Å². The Morgan fingerprint density at radius 3 is 2.17 bits per heavy atom. The van der Waals surface area contributed by atoms with Crippen LogP contribution in [0.4, 0.5) is 4.79 Å². The minimum absolute atomic E-state index is 0.0473. The number of benzene rings is 3. The van der Waals surface area contributed by atoms with Crippen LogP contribution in [0.3, 0.4) is 0 Å². The summed E-state index contributed by atoms with van der Waals surface area (Å²) in [7, 11) is -3.97. The third-order valence-corrected chi connectivity index (χ3v) is 6.44. The Kier molecular flexibility index (Phi) is 9.46. The van der Waals surface area contributed by atoms with E-state index >= 15 is 0 Å². The smallest absolute Gasteiger partial charge is 0.407 e. The normalized spacial score (nSPS) is 11.8. The highest BCUT2D eigenvalue weighted by Crippen LogP contribution is 2.20. The summed E-state index contributed by atoms with van der Waals surface area (Å²) in [5.41, 5.74) is 2.53. The molecule has 190 valence electrons. The van der Waals surface area contributed by atoms with Crippen LogP contribution in [0.2, 0.25) is 0 Å². The van der Waals surface area contributed by atoms with Gasteiger partial charge in [-0.25, -0.2) is 4.79 Å². The van der Waals surface area contributed by atoms with Crippen molar-refractivity contribution in [1.82, 2.24) is 5.32 Å². The lowest BCUT2D eigenvalue weighted by Crippen LogP contribution is -2.38. The van der Waals surface area contributed by atoms with Gasteiger partial charge in [-0.05, 0) is 55.7 Å². The number of ether oxygens (including phenoxy) is 2. The Morgan fingerprint density at radius 2 is 1.53 bits per heavy atom.